The number of benzene rings is 1. The lowest BCUT2D eigenvalue weighted by atomic mass is 10.3. The predicted octanol–water partition coefficient (Wildman–Crippen LogP) is 1.56. The number of nitrogens with one attached hydrogen (secondary N) is 1. The number of carbonyl (C=O) groups excluding carboxylic acids is 1. The first-order valence-corrected chi connectivity index (χ1v) is 6.96. The number of aromatic nitrogens is 4. The number of fused-ring (bicyclic) bond motifs is 1. The number of aryl methyl sites for hydroxylation is 1. The zero-order chi connectivity index (χ0) is 16.6. The van der Waals surface area contributed by atoms with E-state index in [0.29, 0.717) is 11.0 Å². The van der Waals surface area contributed by atoms with Gasteiger partial charge in [0.05, 0.1) is 16.9 Å². The molecule has 9 heteroatoms. The van der Waals surface area contributed by atoms with Gasteiger partial charge in [0.15, 0.2) is 11.5 Å². The van der Waals surface area contributed by atoms with E-state index >= 15 is 0 Å². The Balaban J connectivity index is 1.84. The lowest BCUT2D eigenvalue weighted by Crippen LogP contribution is -2.28. The van der Waals surface area contributed by atoms with Crippen LogP contribution in [-0.4, -0.2) is 25.2 Å². The molecule has 0 aliphatic carbocycles. The van der Waals surface area contributed by atoms with Crippen LogP contribution < -0.4 is 10.9 Å². The second-order valence-electron chi connectivity index (χ2n) is 4.83. The molecule has 3 rings (SSSR count). The third-order valence-electron chi connectivity index (χ3n) is 3.26. The Morgan fingerprint density at radius 1 is 1.43 bits per heavy atom. The largest absolute Gasteiger partial charge is 0.322 e. The molecule has 2 aromatic heterocycles. The van der Waals surface area contributed by atoms with E-state index in [9.17, 15) is 14.0 Å². The van der Waals surface area contributed by atoms with Crippen molar-refractivity contribution in [1.29, 1.82) is 0 Å². The summed E-state index contributed by atoms with van der Waals surface area (Å²) in [5.74, 6) is -1.30. The Morgan fingerprint density at radius 3 is 3.00 bits per heavy atom. The maximum absolute atomic E-state index is 13.8. The molecule has 0 aliphatic heterocycles. The van der Waals surface area contributed by atoms with Crippen LogP contribution in [0.4, 0.5) is 10.1 Å². The first-order chi connectivity index (χ1) is 11.0. The van der Waals surface area contributed by atoms with Crippen LogP contribution in [0.25, 0.3) is 11.0 Å². The van der Waals surface area contributed by atoms with E-state index in [1.54, 1.807) is 7.05 Å². The molecule has 2 heterocycles. The Kier molecular flexibility index (Phi) is 3.83. The first-order valence-electron chi connectivity index (χ1n) is 6.58. The molecule has 0 unspecified atom stereocenters. The minimum Gasteiger partial charge on any atom is -0.322 e. The van der Waals surface area contributed by atoms with E-state index in [2.05, 4.69) is 15.4 Å². The average molecular weight is 336 g/mol. The highest BCUT2D eigenvalue weighted by Gasteiger charge is 2.13. The van der Waals surface area contributed by atoms with Gasteiger partial charge in [-0.15, -0.1) is 0 Å². The zero-order valence-corrected chi connectivity index (χ0v) is 12.7. The van der Waals surface area contributed by atoms with Gasteiger partial charge in [0, 0.05) is 7.05 Å². The van der Waals surface area contributed by atoms with Crippen molar-refractivity contribution in [3.8, 4) is 0 Å². The third-order valence-corrected chi connectivity index (χ3v) is 3.55. The SMILES string of the molecule is Cn1ncc2c(=O)n(CC(=O)Nc3cccc(Cl)c3F)cnc21. The molecule has 1 aromatic carbocycles. The van der Waals surface area contributed by atoms with Crippen LogP contribution in [0, 0.1) is 5.82 Å². The Bertz CT molecular complexity index is 965. The minimum atomic E-state index is -0.726. The summed E-state index contributed by atoms with van der Waals surface area (Å²) in [4.78, 5) is 28.3. The summed E-state index contributed by atoms with van der Waals surface area (Å²) in [6.45, 7) is -0.303. The molecule has 1 amide bonds. The van der Waals surface area contributed by atoms with Crippen molar-refractivity contribution in [2.24, 2.45) is 7.05 Å². The highest BCUT2D eigenvalue weighted by molar-refractivity contribution is 6.31. The van der Waals surface area contributed by atoms with Crippen LogP contribution in [0.1, 0.15) is 0 Å². The Morgan fingerprint density at radius 2 is 2.22 bits per heavy atom. The fourth-order valence-electron chi connectivity index (χ4n) is 2.12. The molecule has 1 N–H and O–H groups in total. The van der Waals surface area contributed by atoms with Gasteiger partial charge in [-0.05, 0) is 12.1 Å². The van der Waals surface area contributed by atoms with Crippen molar-refractivity contribution in [1.82, 2.24) is 19.3 Å². The fraction of sp³-hybridized carbons (Fsp3) is 0.143. The summed E-state index contributed by atoms with van der Waals surface area (Å²) in [6, 6.07) is 4.26. The third kappa shape index (κ3) is 2.80. The monoisotopic (exact) mass is 335 g/mol. The quantitative estimate of drug-likeness (QED) is 0.787. The van der Waals surface area contributed by atoms with Crippen molar-refractivity contribution in [2.75, 3.05) is 5.32 Å². The predicted molar refractivity (Wildman–Crippen MR) is 82.8 cm³/mol. The molecule has 0 radical (unpaired) electrons. The summed E-state index contributed by atoms with van der Waals surface area (Å²) < 4.78 is 16.3. The van der Waals surface area contributed by atoms with Crippen LogP contribution in [0.2, 0.25) is 5.02 Å². The van der Waals surface area contributed by atoms with Crippen molar-refractivity contribution in [3.05, 3.63) is 51.9 Å². The molecule has 23 heavy (non-hydrogen) atoms. The second kappa shape index (κ2) is 5.81. The summed E-state index contributed by atoms with van der Waals surface area (Å²) >= 11 is 5.65. The fourth-order valence-corrected chi connectivity index (χ4v) is 2.30. The van der Waals surface area contributed by atoms with Gasteiger partial charge in [-0.25, -0.2) is 9.37 Å². The summed E-state index contributed by atoms with van der Waals surface area (Å²) in [5.41, 5.74) is -0.0247. The van der Waals surface area contributed by atoms with E-state index in [4.69, 9.17) is 11.6 Å². The van der Waals surface area contributed by atoms with Crippen LogP contribution in [0.3, 0.4) is 0 Å². The van der Waals surface area contributed by atoms with Gasteiger partial charge in [0.1, 0.15) is 18.3 Å². The molecule has 0 atom stereocenters. The Labute approximate surface area is 134 Å². The molecule has 0 spiro atoms. The van der Waals surface area contributed by atoms with Crippen molar-refractivity contribution >= 4 is 34.2 Å². The zero-order valence-electron chi connectivity index (χ0n) is 12.0. The van der Waals surface area contributed by atoms with Gasteiger partial charge in [0.25, 0.3) is 5.56 Å². The normalized spacial score (nSPS) is 10.9. The van der Waals surface area contributed by atoms with E-state index in [1.165, 1.54) is 35.4 Å². The van der Waals surface area contributed by atoms with E-state index in [-0.39, 0.29) is 17.3 Å². The molecule has 0 saturated heterocycles. The van der Waals surface area contributed by atoms with Crippen LogP contribution >= 0.6 is 11.6 Å². The average Bonchev–Trinajstić information content (AvgIpc) is 2.89. The number of amides is 1. The van der Waals surface area contributed by atoms with Gasteiger partial charge in [-0.3, -0.25) is 18.8 Å². The highest BCUT2D eigenvalue weighted by Crippen LogP contribution is 2.21. The van der Waals surface area contributed by atoms with Crippen LogP contribution in [0.15, 0.2) is 35.5 Å². The molecule has 0 fully saturated rings. The molecular formula is C14H11ClFN5O2. The number of anilines is 1. The number of hydrogen-bond acceptors (Lipinski definition) is 4. The van der Waals surface area contributed by atoms with Crippen molar-refractivity contribution in [3.63, 3.8) is 0 Å². The van der Waals surface area contributed by atoms with E-state index < -0.39 is 17.3 Å². The minimum absolute atomic E-state index is 0.0500. The maximum Gasteiger partial charge on any atom is 0.264 e. The second-order valence-corrected chi connectivity index (χ2v) is 5.24. The topological polar surface area (TPSA) is 81.8 Å². The molecule has 3 aromatic rings. The number of rotatable bonds is 3. The standard InChI is InChI=1S/C14H11ClFN5O2/c1-20-13-8(5-18-20)14(23)21(7-17-13)6-11(22)19-10-4-2-3-9(15)12(10)16/h2-5,7H,6H2,1H3,(H,19,22). The molecule has 0 aliphatic rings. The van der Waals surface area contributed by atoms with E-state index in [0.717, 1.165) is 4.57 Å². The number of nitrogens with zero attached hydrogens (tertiary/aromatic N) is 4. The Hall–Kier alpha value is -2.74. The maximum atomic E-state index is 13.8. The lowest BCUT2D eigenvalue weighted by molar-refractivity contribution is -0.116. The van der Waals surface area contributed by atoms with Gasteiger partial charge >= 0.3 is 0 Å². The molecular weight excluding hydrogens is 325 g/mol. The summed E-state index contributed by atoms with van der Waals surface area (Å²) in [5, 5.41) is 6.52. The molecule has 7 nitrogen and oxygen atoms in total. The van der Waals surface area contributed by atoms with Gasteiger partial charge in [0.2, 0.25) is 5.91 Å². The van der Waals surface area contributed by atoms with Gasteiger partial charge < -0.3 is 5.32 Å². The lowest BCUT2D eigenvalue weighted by Gasteiger charge is -2.08. The van der Waals surface area contributed by atoms with Crippen molar-refractivity contribution < 1.29 is 9.18 Å². The van der Waals surface area contributed by atoms with Gasteiger partial charge in [-0.1, -0.05) is 17.7 Å². The number of halogens is 2. The first kappa shape index (κ1) is 15.2. The smallest absolute Gasteiger partial charge is 0.264 e. The van der Waals surface area contributed by atoms with Crippen molar-refractivity contribution in [2.45, 2.75) is 6.54 Å². The number of carbonyl (C=O) groups is 1. The van der Waals surface area contributed by atoms with Crippen LogP contribution in [-0.2, 0) is 18.4 Å². The summed E-state index contributed by atoms with van der Waals surface area (Å²) in [7, 11) is 1.66. The highest BCUT2D eigenvalue weighted by atomic mass is 35.5. The van der Waals surface area contributed by atoms with Gasteiger partial charge in [-0.2, -0.15) is 5.10 Å². The summed E-state index contributed by atoms with van der Waals surface area (Å²) in [6.07, 6.45) is 2.63. The molecule has 0 saturated carbocycles. The molecule has 0 bridgehead atoms. The van der Waals surface area contributed by atoms with E-state index in [1.807, 2.05) is 0 Å². The number of hydrogen-bond donors (Lipinski definition) is 1. The molecule has 118 valence electrons. The van der Waals surface area contributed by atoms with Crippen LogP contribution in [0.5, 0.6) is 0 Å².